The summed E-state index contributed by atoms with van der Waals surface area (Å²) in [6.45, 7) is 0.942. The highest BCUT2D eigenvalue weighted by atomic mass is 19.1. The van der Waals surface area contributed by atoms with Crippen LogP contribution in [0.15, 0.2) is 66.7 Å². The number of hydrogen-bond acceptors (Lipinski definition) is 5. The zero-order valence-corrected chi connectivity index (χ0v) is 23.5. The average molecular weight is 559 g/mol. The van der Waals surface area contributed by atoms with E-state index in [-0.39, 0.29) is 18.2 Å². The summed E-state index contributed by atoms with van der Waals surface area (Å²) in [6.07, 6.45) is 2.66. The third-order valence-electron chi connectivity index (χ3n) is 6.99. The van der Waals surface area contributed by atoms with Crippen molar-refractivity contribution in [1.82, 2.24) is 4.90 Å². The number of carbonyl (C=O) groups is 3. The molecule has 3 aromatic rings. The average Bonchev–Trinajstić information content (AvgIpc) is 3.27. The second-order valence-corrected chi connectivity index (χ2v) is 10.4. The van der Waals surface area contributed by atoms with Gasteiger partial charge in [-0.1, -0.05) is 24.3 Å². The highest BCUT2D eigenvalue weighted by Crippen LogP contribution is 2.38. The van der Waals surface area contributed by atoms with E-state index in [2.05, 4.69) is 15.5 Å². The quantitative estimate of drug-likeness (QED) is 0.201. The van der Waals surface area contributed by atoms with E-state index in [1.54, 1.807) is 18.0 Å². The number of benzene rings is 3. The molecule has 0 saturated carbocycles. The number of anilines is 3. The van der Waals surface area contributed by atoms with Gasteiger partial charge in [-0.25, -0.2) is 4.39 Å². The van der Waals surface area contributed by atoms with Crippen molar-refractivity contribution in [2.75, 3.05) is 43.2 Å². The number of hydrogen-bond donors (Lipinski definition) is 3. The SMILES string of the molecule is CN(C)CCCCC(=O)N(C)c1ccc(NC(=C2C(=O)Nc3cc(F)ccc32)c2ccc(CCC(=O)O)cc2)cc1. The fraction of sp³-hybridized carbons (Fsp3) is 0.281. The Kier molecular flexibility index (Phi) is 9.52. The standard InChI is InChI=1S/C32H35FN4O4/c1-36(2)19-5-4-6-28(38)37(3)25-15-13-24(14-16-25)34-31(22-10-7-21(8-11-22)9-18-29(39)40)30-26-17-12-23(33)20-27(26)35-32(30)41/h7-8,10-17,20,34H,4-6,9,18-19H2,1-3H3,(H,35,41)(H,39,40). The molecule has 1 heterocycles. The molecule has 0 aliphatic carbocycles. The van der Waals surface area contributed by atoms with Gasteiger partial charge >= 0.3 is 5.97 Å². The van der Waals surface area contributed by atoms with Crippen LogP contribution in [0.2, 0.25) is 0 Å². The van der Waals surface area contributed by atoms with Crippen molar-refractivity contribution in [3.63, 3.8) is 0 Å². The molecule has 3 aromatic carbocycles. The number of carboxylic acid groups (broad SMARTS) is 1. The van der Waals surface area contributed by atoms with Gasteiger partial charge in [-0.05, 0) is 93.5 Å². The molecule has 0 saturated heterocycles. The first kappa shape index (κ1) is 29.5. The third-order valence-corrected chi connectivity index (χ3v) is 6.99. The van der Waals surface area contributed by atoms with Crippen LogP contribution < -0.4 is 15.5 Å². The number of carboxylic acids is 1. The predicted octanol–water partition coefficient (Wildman–Crippen LogP) is 5.47. The molecule has 1 aliphatic heterocycles. The van der Waals surface area contributed by atoms with Gasteiger partial charge in [-0.2, -0.15) is 0 Å². The Balaban J connectivity index is 1.60. The Morgan fingerprint density at radius 3 is 2.29 bits per heavy atom. The van der Waals surface area contributed by atoms with Crippen LogP contribution in [0.3, 0.4) is 0 Å². The molecule has 1 aliphatic rings. The van der Waals surface area contributed by atoms with E-state index in [9.17, 15) is 18.8 Å². The highest BCUT2D eigenvalue weighted by molar-refractivity contribution is 6.37. The van der Waals surface area contributed by atoms with Gasteiger partial charge in [0.2, 0.25) is 5.91 Å². The second-order valence-electron chi connectivity index (χ2n) is 10.4. The molecule has 4 rings (SSSR count). The van der Waals surface area contributed by atoms with Crippen molar-refractivity contribution in [1.29, 1.82) is 0 Å². The van der Waals surface area contributed by atoms with Gasteiger partial charge in [0.05, 0.1) is 17.0 Å². The lowest BCUT2D eigenvalue weighted by Gasteiger charge is -2.19. The van der Waals surface area contributed by atoms with Crippen molar-refractivity contribution in [2.24, 2.45) is 0 Å². The third kappa shape index (κ3) is 7.58. The van der Waals surface area contributed by atoms with Crippen LogP contribution in [0, 0.1) is 5.82 Å². The number of rotatable bonds is 12. The minimum atomic E-state index is -0.870. The van der Waals surface area contributed by atoms with Crippen LogP contribution in [0.4, 0.5) is 21.5 Å². The normalized spacial score (nSPS) is 13.5. The molecule has 0 fully saturated rings. The zero-order chi connectivity index (χ0) is 29.5. The van der Waals surface area contributed by atoms with E-state index in [4.69, 9.17) is 5.11 Å². The first-order valence-electron chi connectivity index (χ1n) is 13.6. The van der Waals surface area contributed by atoms with Crippen molar-refractivity contribution in [2.45, 2.75) is 32.1 Å². The summed E-state index contributed by atoms with van der Waals surface area (Å²) in [6, 6.07) is 18.9. The van der Waals surface area contributed by atoms with Gasteiger partial charge < -0.3 is 25.5 Å². The molecule has 9 heteroatoms. The maximum atomic E-state index is 13.9. The van der Waals surface area contributed by atoms with E-state index >= 15 is 0 Å². The van der Waals surface area contributed by atoms with Gasteiger partial charge in [-0.15, -0.1) is 0 Å². The smallest absolute Gasteiger partial charge is 0.303 e. The molecule has 0 radical (unpaired) electrons. The van der Waals surface area contributed by atoms with Crippen LogP contribution in [-0.4, -0.2) is 55.5 Å². The Morgan fingerprint density at radius 2 is 1.63 bits per heavy atom. The highest BCUT2D eigenvalue weighted by Gasteiger charge is 2.29. The molecule has 0 spiro atoms. The zero-order valence-electron chi connectivity index (χ0n) is 23.5. The van der Waals surface area contributed by atoms with Gasteiger partial charge in [0.25, 0.3) is 5.91 Å². The molecule has 41 heavy (non-hydrogen) atoms. The number of aryl methyl sites for hydroxylation is 1. The topological polar surface area (TPSA) is 102 Å². The van der Waals surface area contributed by atoms with Crippen LogP contribution in [0.1, 0.15) is 42.4 Å². The van der Waals surface area contributed by atoms with Gasteiger partial charge in [0.15, 0.2) is 0 Å². The van der Waals surface area contributed by atoms with Crippen molar-refractivity contribution in [3.05, 3.63) is 89.2 Å². The lowest BCUT2D eigenvalue weighted by Crippen LogP contribution is -2.26. The maximum Gasteiger partial charge on any atom is 0.303 e. The molecule has 8 nitrogen and oxygen atoms in total. The van der Waals surface area contributed by atoms with Gasteiger partial charge in [0.1, 0.15) is 5.82 Å². The summed E-state index contributed by atoms with van der Waals surface area (Å²) in [5, 5.41) is 15.1. The molecule has 0 unspecified atom stereocenters. The minimum absolute atomic E-state index is 0.0201. The Labute approximate surface area is 239 Å². The fourth-order valence-corrected chi connectivity index (χ4v) is 4.69. The van der Waals surface area contributed by atoms with Gasteiger partial charge in [-0.3, -0.25) is 14.4 Å². The lowest BCUT2D eigenvalue weighted by atomic mass is 9.98. The Bertz CT molecular complexity index is 1450. The van der Waals surface area contributed by atoms with Gasteiger partial charge in [0, 0.05) is 36.8 Å². The molecule has 0 bridgehead atoms. The molecule has 0 atom stereocenters. The summed E-state index contributed by atoms with van der Waals surface area (Å²) in [5.74, 6) is -1.64. The monoisotopic (exact) mass is 558 g/mol. The Hall–Kier alpha value is -4.50. The summed E-state index contributed by atoms with van der Waals surface area (Å²) in [4.78, 5) is 40.5. The van der Waals surface area contributed by atoms with Crippen molar-refractivity contribution >= 4 is 46.1 Å². The van der Waals surface area contributed by atoms with Crippen LogP contribution in [-0.2, 0) is 20.8 Å². The molecule has 214 valence electrons. The number of amides is 2. The first-order chi connectivity index (χ1) is 19.6. The predicted molar refractivity (Wildman–Crippen MR) is 160 cm³/mol. The molecule has 3 N–H and O–H groups in total. The van der Waals surface area contributed by atoms with E-state index in [0.717, 1.165) is 30.6 Å². The Morgan fingerprint density at radius 1 is 0.927 bits per heavy atom. The number of carbonyl (C=O) groups excluding carboxylic acids is 2. The second kappa shape index (κ2) is 13.2. The number of nitrogens with one attached hydrogen (secondary N) is 2. The summed E-state index contributed by atoms with van der Waals surface area (Å²) in [7, 11) is 5.79. The summed E-state index contributed by atoms with van der Waals surface area (Å²) in [5.41, 5.74) is 4.88. The molecule has 2 amide bonds. The summed E-state index contributed by atoms with van der Waals surface area (Å²) < 4.78 is 13.9. The number of unbranched alkanes of at least 4 members (excludes halogenated alkanes) is 1. The number of halogens is 1. The maximum absolute atomic E-state index is 13.9. The van der Waals surface area contributed by atoms with E-state index in [1.807, 2.05) is 62.6 Å². The minimum Gasteiger partial charge on any atom is -0.481 e. The van der Waals surface area contributed by atoms with Crippen molar-refractivity contribution < 1.29 is 23.9 Å². The number of nitrogens with zero attached hydrogens (tertiary/aromatic N) is 2. The largest absolute Gasteiger partial charge is 0.481 e. The molecular formula is C32H35FN4O4. The van der Waals surface area contributed by atoms with Crippen LogP contribution >= 0.6 is 0 Å². The molecule has 0 aromatic heterocycles. The van der Waals surface area contributed by atoms with E-state index in [1.165, 1.54) is 12.1 Å². The van der Waals surface area contributed by atoms with E-state index < -0.39 is 11.8 Å². The van der Waals surface area contributed by atoms with Crippen molar-refractivity contribution in [3.8, 4) is 0 Å². The number of aliphatic carboxylic acids is 1. The molecular weight excluding hydrogens is 523 g/mol. The lowest BCUT2D eigenvalue weighted by molar-refractivity contribution is -0.137. The van der Waals surface area contributed by atoms with Crippen LogP contribution in [0.5, 0.6) is 0 Å². The summed E-state index contributed by atoms with van der Waals surface area (Å²) >= 11 is 0. The van der Waals surface area contributed by atoms with E-state index in [0.29, 0.717) is 46.6 Å². The first-order valence-corrected chi connectivity index (χ1v) is 13.6. The number of fused-ring (bicyclic) bond motifs is 1. The van der Waals surface area contributed by atoms with Crippen LogP contribution in [0.25, 0.3) is 11.3 Å². The fourth-order valence-electron chi connectivity index (χ4n) is 4.69.